The minimum Gasteiger partial charge on any atom is -0.273 e. The summed E-state index contributed by atoms with van der Waals surface area (Å²) in [5, 5.41) is 4.47. The van der Waals surface area contributed by atoms with E-state index in [-0.39, 0.29) is 11.8 Å². The number of hydrogen-bond donors (Lipinski definition) is 1. The van der Waals surface area contributed by atoms with Crippen LogP contribution in [0.2, 0.25) is 0 Å². The van der Waals surface area contributed by atoms with Gasteiger partial charge in [0.2, 0.25) is 5.91 Å². The summed E-state index contributed by atoms with van der Waals surface area (Å²) in [5.41, 5.74) is 6.13. The number of rotatable bonds is 8. The van der Waals surface area contributed by atoms with E-state index in [1.807, 2.05) is 36.4 Å². The monoisotopic (exact) mass is 334 g/mol. The van der Waals surface area contributed by atoms with Crippen LogP contribution >= 0.6 is 0 Å². The summed E-state index contributed by atoms with van der Waals surface area (Å²) in [5.74, 6) is 0.438. The molecule has 0 spiro atoms. The lowest BCUT2D eigenvalue weighted by Gasteiger charge is -2.07. The van der Waals surface area contributed by atoms with Crippen molar-refractivity contribution < 1.29 is 4.79 Å². The van der Waals surface area contributed by atoms with Crippen LogP contribution in [0.1, 0.15) is 56.1 Å². The van der Waals surface area contributed by atoms with Gasteiger partial charge in [0.15, 0.2) is 0 Å². The lowest BCUT2D eigenvalue weighted by molar-refractivity contribution is -0.122. The SMILES string of the molecule is CCCCC/C(=N/NC(=O)[C@H]1C[C@@H]1c1ccccc1)c1ccccc1. The number of nitrogens with one attached hydrogen (secondary N) is 1. The quantitative estimate of drug-likeness (QED) is 0.417. The first-order valence-corrected chi connectivity index (χ1v) is 9.26. The van der Waals surface area contributed by atoms with Crippen molar-refractivity contribution in [3.63, 3.8) is 0 Å². The summed E-state index contributed by atoms with van der Waals surface area (Å²) >= 11 is 0. The maximum atomic E-state index is 12.4. The highest BCUT2D eigenvalue weighted by molar-refractivity contribution is 6.01. The van der Waals surface area contributed by atoms with Crippen LogP contribution in [-0.4, -0.2) is 11.6 Å². The number of carbonyl (C=O) groups is 1. The van der Waals surface area contributed by atoms with Gasteiger partial charge in [0.25, 0.3) is 0 Å². The third kappa shape index (κ3) is 4.79. The zero-order valence-electron chi connectivity index (χ0n) is 14.8. The van der Waals surface area contributed by atoms with Crippen LogP contribution in [0.15, 0.2) is 65.8 Å². The van der Waals surface area contributed by atoms with E-state index in [9.17, 15) is 4.79 Å². The van der Waals surface area contributed by atoms with E-state index < -0.39 is 0 Å². The number of hydrogen-bond acceptors (Lipinski definition) is 2. The molecule has 130 valence electrons. The van der Waals surface area contributed by atoms with Gasteiger partial charge in [-0.05, 0) is 36.3 Å². The molecule has 1 aliphatic carbocycles. The summed E-state index contributed by atoms with van der Waals surface area (Å²) in [4.78, 5) is 12.4. The zero-order valence-corrected chi connectivity index (χ0v) is 14.8. The molecule has 0 saturated heterocycles. The van der Waals surface area contributed by atoms with E-state index in [4.69, 9.17) is 0 Å². The first-order chi connectivity index (χ1) is 12.3. The van der Waals surface area contributed by atoms with Crippen molar-refractivity contribution in [3.05, 3.63) is 71.8 Å². The second-order valence-corrected chi connectivity index (χ2v) is 6.72. The van der Waals surface area contributed by atoms with Crippen molar-refractivity contribution in [3.8, 4) is 0 Å². The molecule has 1 fully saturated rings. The largest absolute Gasteiger partial charge is 0.273 e. The van der Waals surface area contributed by atoms with Crippen LogP contribution in [0, 0.1) is 5.92 Å². The molecule has 3 heteroatoms. The molecule has 2 aromatic rings. The van der Waals surface area contributed by atoms with Crippen molar-refractivity contribution in [1.29, 1.82) is 0 Å². The molecule has 0 radical (unpaired) electrons. The first kappa shape index (κ1) is 17.4. The van der Waals surface area contributed by atoms with Crippen molar-refractivity contribution in [2.24, 2.45) is 11.0 Å². The van der Waals surface area contributed by atoms with Gasteiger partial charge in [0, 0.05) is 5.92 Å². The molecule has 0 heterocycles. The van der Waals surface area contributed by atoms with Crippen LogP contribution in [-0.2, 0) is 4.79 Å². The van der Waals surface area contributed by atoms with Gasteiger partial charge in [0.1, 0.15) is 0 Å². The second kappa shape index (κ2) is 8.61. The minimum absolute atomic E-state index is 0.0396. The molecule has 3 rings (SSSR count). The molecule has 1 aliphatic rings. The highest BCUT2D eigenvalue weighted by atomic mass is 16.2. The van der Waals surface area contributed by atoms with Gasteiger partial charge in [0.05, 0.1) is 5.71 Å². The first-order valence-electron chi connectivity index (χ1n) is 9.26. The minimum atomic E-state index is 0.0396. The van der Waals surface area contributed by atoms with E-state index in [0.29, 0.717) is 5.92 Å². The maximum Gasteiger partial charge on any atom is 0.243 e. The second-order valence-electron chi connectivity index (χ2n) is 6.72. The van der Waals surface area contributed by atoms with Gasteiger partial charge in [-0.3, -0.25) is 4.79 Å². The normalized spacial score (nSPS) is 19.5. The van der Waals surface area contributed by atoms with Gasteiger partial charge < -0.3 is 0 Å². The van der Waals surface area contributed by atoms with Gasteiger partial charge in [-0.15, -0.1) is 0 Å². The molecular weight excluding hydrogens is 308 g/mol. The predicted octanol–water partition coefficient (Wildman–Crippen LogP) is 4.89. The highest BCUT2D eigenvalue weighted by Crippen LogP contribution is 2.47. The highest BCUT2D eigenvalue weighted by Gasteiger charge is 2.43. The average Bonchev–Trinajstić information content (AvgIpc) is 3.47. The number of nitrogens with zero attached hydrogens (tertiary/aromatic N) is 1. The van der Waals surface area contributed by atoms with Gasteiger partial charge in [-0.2, -0.15) is 5.10 Å². The topological polar surface area (TPSA) is 41.5 Å². The third-order valence-electron chi connectivity index (χ3n) is 4.78. The Labute approximate surface area is 150 Å². The fraction of sp³-hybridized carbons (Fsp3) is 0.364. The summed E-state index contributed by atoms with van der Waals surface area (Å²) in [6.45, 7) is 2.19. The van der Waals surface area contributed by atoms with Crippen molar-refractivity contribution in [2.75, 3.05) is 0 Å². The van der Waals surface area contributed by atoms with Crippen LogP contribution in [0.3, 0.4) is 0 Å². The molecule has 3 nitrogen and oxygen atoms in total. The molecule has 0 bridgehead atoms. The van der Waals surface area contributed by atoms with Crippen LogP contribution in [0.25, 0.3) is 0 Å². The molecule has 1 saturated carbocycles. The Bertz CT molecular complexity index is 709. The third-order valence-corrected chi connectivity index (χ3v) is 4.78. The summed E-state index contributed by atoms with van der Waals surface area (Å²) in [6.07, 6.45) is 5.26. The zero-order chi connectivity index (χ0) is 17.5. The van der Waals surface area contributed by atoms with Crippen molar-refractivity contribution >= 4 is 11.6 Å². The van der Waals surface area contributed by atoms with Gasteiger partial charge in [-0.1, -0.05) is 80.4 Å². The lowest BCUT2D eigenvalue weighted by atomic mass is 10.0. The molecule has 2 aromatic carbocycles. The molecular formula is C22H26N2O. The van der Waals surface area contributed by atoms with Gasteiger partial charge >= 0.3 is 0 Å². The summed E-state index contributed by atoms with van der Waals surface area (Å²) in [6, 6.07) is 20.4. The van der Waals surface area contributed by atoms with E-state index in [2.05, 4.69) is 41.7 Å². The smallest absolute Gasteiger partial charge is 0.243 e. The predicted molar refractivity (Wildman–Crippen MR) is 103 cm³/mol. The Kier molecular flexibility index (Phi) is 5.99. The molecule has 0 aromatic heterocycles. The van der Waals surface area contributed by atoms with Crippen LogP contribution in [0.4, 0.5) is 0 Å². The fourth-order valence-corrected chi connectivity index (χ4v) is 3.20. The summed E-state index contributed by atoms with van der Waals surface area (Å²) in [7, 11) is 0. The standard InChI is InChI=1S/C22H26N2O/c1-2-3-6-15-21(18-13-9-5-10-14-18)23-24-22(25)20-16-19(20)17-11-7-4-8-12-17/h4-5,7-14,19-20H,2-3,6,15-16H2,1H3,(H,24,25)/b23-21-/t19-,20+/m1/s1. The maximum absolute atomic E-state index is 12.4. The summed E-state index contributed by atoms with van der Waals surface area (Å²) < 4.78 is 0. The number of amides is 1. The Balaban J connectivity index is 1.62. The van der Waals surface area contributed by atoms with Crippen LogP contribution < -0.4 is 5.43 Å². The molecule has 1 amide bonds. The van der Waals surface area contributed by atoms with E-state index >= 15 is 0 Å². The van der Waals surface area contributed by atoms with Gasteiger partial charge in [-0.25, -0.2) is 5.43 Å². The Morgan fingerprint density at radius 3 is 2.40 bits per heavy atom. The van der Waals surface area contributed by atoms with E-state index in [0.717, 1.165) is 30.5 Å². The lowest BCUT2D eigenvalue weighted by Crippen LogP contribution is -2.22. The molecule has 0 aliphatic heterocycles. The number of unbranched alkanes of at least 4 members (excludes halogenated alkanes) is 2. The number of carbonyl (C=O) groups excluding carboxylic acids is 1. The van der Waals surface area contributed by atoms with E-state index in [1.54, 1.807) is 0 Å². The van der Waals surface area contributed by atoms with E-state index in [1.165, 1.54) is 18.4 Å². The van der Waals surface area contributed by atoms with Crippen molar-refractivity contribution in [2.45, 2.75) is 44.9 Å². The Hall–Kier alpha value is -2.42. The van der Waals surface area contributed by atoms with Crippen molar-refractivity contribution in [1.82, 2.24) is 5.43 Å². The molecule has 25 heavy (non-hydrogen) atoms. The Morgan fingerprint density at radius 2 is 1.72 bits per heavy atom. The molecule has 1 N–H and O–H groups in total. The fourth-order valence-electron chi connectivity index (χ4n) is 3.20. The Morgan fingerprint density at radius 1 is 1.04 bits per heavy atom. The molecule has 0 unspecified atom stereocenters. The number of benzene rings is 2. The average molecular weight is 334 g/mol. The molecule has 2 atom stereocenters. The number of hydrazone groups is 1. The van der Waals surface area contributed by atoms with Crippen LogP contribution in [0.5, 0.6) is 0 Å².